The molecule has 156 valence electrons. The predicted molar refractivity (Wildman–Crippen MR) is 121 cm³/mol. The number of halogens is 3. The summed E-state index contributed by atoms with van der Waals surface area (Å²) in [6, 6.07) is 8.91. The van der Waals surface area contributed by atoms with Crippen LogP contribution in [-0.4, -0.2) is 31.7 Å². The lowest BCUT2D eigenvalue weighted by molar-refractivity contribution is 0.625. The number of para-hydroxylation sites is 1. The monoisotopic (exact) mass is 455 g/mol. The molecule has 2 aromatic heterocycles. The lowest BCUT2D eigenvalue weighted by Gasteiger charge is -2.32. The quantitative estimate of drug-likeness (QED) is 0.375. The van der Waals surface area contributed by atoms with Gasteiger partial charge < -0.3 is 15.6 Å². The number of anilines is 2. The third-order valence-electron chi connectivity index (χ3n) is 5.11. The van der Waals surface area contributed by atoms with E-state index in [1.54, 1.807) is 12.4 Å². The summed E-state index contributed by atoms with van der Waals surface area (Å²) in [6.45, 7) is 1.94. The lowest BCUT2D eigenvalue weighted by Crippen LogP contribution is -2.36. The molecule has 0 amide bonds. The molecule has 0 aliphatic carbocycles. The van der Waals surface area contributed by atoms with Gasteiger partial charge in [0.05, 0.1) is 40.5 Å². The molecule has 4 aromatic rings. The molecule has 2 aromatic carbocycles. The van der Waals surface area contributed by atoms with E-state index >= 15 is 0 Å². The molecule has 3 N–H and O–H groups in total. The average molecular weight is 456 g/mol. The molecule has 2 atom stereocenters. The predicted octanol–water partition coefficient (Wildman–Crippen LogP) is 5.54. The fraction of sp³-hybridized carbons (Fsp3) is 0.143. The second-order valence-electron chi connectivity index (χ2n) is 7.10. The number of aliphatic imine (C=N–C) groups is 1. The molecule has 0 fully saturated rings. The van der Waals surface area contributed by atoms with Crippen LogP contribution in [0.15, 0.2) is 54.0 Å². The summed E-state index contributed by atoms with van der Waals surface area (Å²) in [4.78, 5) is 20.6. The third-order valence-corrected chi connectivity index (χ3v) is 5.77. The molecular weight excluding hydrogens is 440 g/mol. The van der Waals surface area contributed by atoms with Crippen LogP contribution in [0.25, 0.3) is 11.2 Å². The Kier molecular flexibility index (Phi) is 4.95. The molecule has 5 rings (SSSR count). The van der Waals surface area contributed by atoms with Gasteiger partial charge in [-0.2, -0.15) is 0 Å². The third kappa shape index (κ3) is 3.58. The molecule has 1 aliphatic heterocycles. The fourth-order valence-corrected chi connectivity index (χ4v) is 4.09. The van der Waals surface area contributed by atoms with Gasteiger partial charge in [-0.05, 0) is 37.3 Å². The van der Waals surface area contributed by atoms with E-state index in [0.29, 0.717) is 49.7 Å². The molecule has 0 bridgehead atoms. The van der Waals surface area contributed by atoms with Crippen molar-refractivity contribution in [3.05, 3.63) is 70.5 Å². The van der Waals surface area contributed by atoms with Crippen LogP contribution in [0.5, 0.6) is 0 Å². The van der Waals surface area contributed by atoms with E-state index in [9.17, 15) is 4.39 Å². The second-order valence-corrected chi connectivity index (χ2v) is 7.92. The maximum atomic E-state index is 14.1. The van der Waals surface area contributed by atoms with Crippen molar-refractivity contribution in [3.8, 4) is 0 Å². The minimum absolute atomic E-state index is 0.307. The Morgan fingerprint density at radius 3 is 2.84 bits per heavy atom. The van der Waals surface area contributed by atoms with Crippen molar-refractivity contribution in [1.29, 1.82) is 0 Å². The largest absolute Gasteiger partial charge is 0.370 e. The number of hydrogen-bond acceptors (Lipinski definition) is 6. The normalized spacial score (nSPS) is 16.4. The van der Waals surface area contributed by atoms with E-state index in [1.165, 1.54) is 24.5 Å². The minimum Gasteiger partial charge on any atom is -0.370 e. The number of benzene rings is 2. The standard InChI is InChI=1S/C21H16Cl2FN7/c1-10(29-21-19-20(26-8-25-19)27-9-28-21)16-17(12-7-11(24)5-6-13(12)22)31-18-14(23)3-2-4-15(18)30-16/h2-10,17,31H,1H3,(H2,25,26,27,28,29). The topological polar surface area (TPSA) is 90.9 Å². The van der Waals surface area contributed by atoms with E-state index in [4.69, 9.17) is 28.2 Å². The van der Waals surface area contributed by atoms with Crippen LogP contribution in [-0.2, 0) is 0 Å². The van der Waals surface area contributed by atoms with Crippen molar-refractivity contribution >= 4 is 57.3 Å². The van der Waals surface area contributed by atoms with E-state index in [2.05, 4.69) is 30.6 Å². The van der Waals surface area contributed by atoms with Crippen LogP contribution in [0.3, 0.4) is 0 Å². The van der Waals surface area contributed by atoms with Crippen molar-refractivity contribution in [2.45, 2.75) is 19.0 Å². The van der Waals surface area contributed by atoms with Crippen molar-refractivity contribution in [2.75, 3.05) is 10.6 Å². The zero-order valence-electron chi connectivity index (χ0n) is 16.2. The van der Waals surface area contributed by atoms with Gasteiger partial charge in [0.15, 0.2) is 11.5 Å². The highest BCUT2D eigenvalue weighted by atomic mass is 35.5. The van der Waals surface area contributed by atoms with E-state index in [0.717, 1.165) is 0 Å². The van der Waals surface area contributed by atoms with Gasteiger partial charge in [0.25, 0.3) is 0 Å². The van der Waals surface area contributed by atoms with Gasteiger partial charge in [-0.3, -0.25) is 4.99 Å². The number of imidazole rings is 1. The number of hydrogen-bond donors (Lipinski definition) is 3. The van der Waals surface area contributed by atoms with Crippen molar-refractivity contribution in [3.63, 3.8) is 0 Å². The van der Waals surface area contributed by atoms with Gasteiger partial charge in [-0.15, -0.1) is 0 Å². The molecule has 2 unspecified atom stereocenters. The second kappa shape index (κ2) is 7.79. The summed E-state index contributed by atoms with van der Waals surface area (Å²) in [6.07, 6.45) is 3.01. The molecule has 3 heterocycles. The first-order chi connectivity index (χ1) is 15.0. The highest BCUT2D eigenvalue weighted by Crippen LogP contribution is 2.42. The lowest BCUT2D eigenvalue weighted by atomic mass is 9.94. The zero-order chi connectivity index (χ0) is 21.5. The van der Waals surface area contributed by atoms with Gasteiger partial charge in [0.1, 0.15) is 17.7 Å². The SMILES string of the molecule is CC(Nc1ncnc2[nH]cnc12)C1=Nc2cccc(Cl)c2NC1c1cc(F)ccc1Cl. The van der Waals surface area contributed by atoms with Gasteiger partial charge in [-0.1, -0.05) is 29.3 Å². The fourth-order valence-electron chi connectivity index (χ4n) is 3.64. The zero-order valence-corrected chi connectivity index (χ0v) is 17.7. The number of nitrogens with one attached hydrogen (secondary N) is 3. The molecular formula is C21H16Cl2FN7. The summed E-state index contributed by atoms with van der Waals surface area (Å²) < 4.78 is 14.1. The number of aromatic amines is 1. The van der Waals surface area contributed by atoms with Crippen LogP contribution >= 0.6 is 23.2 Å². The Balaban J connectivity index is 1.60. The van der Waals surface area contributed by atoms with Crippen LogP contribution in [0.2, 0.25) is 10.0 Å². The van der Waals surface area contributed by atoms with E-state index in [1.807, 2.05) is 19.1 Å². The van der Waals surface area contributed by atoms with Crippen LogP contribution < -0.4 is 10.6 Å². The van der Waals surface area contributed by atoms with Crippen LogP contribution in [0, 0.1) is 5.82 Å². The molecule has 1 aliphatic rings. The first kappa shape index (κ1) is 19.7. The van der Waals surface area contributed by atoms with Gasteiger partial charge in [0.2, 0.25) is 0 Å². The Labute approximate surface area is 186 Å². The number of aromatic nitrogens is 4. The van der Waals surface area contributed by atoms with Crippen LogP contribution in [0.4, 0.5) is 21.6 Å². The van der Waals surface area contributed by atoms with Gasteiger partial charge in [-0.25, -0.2) is 19.3 Å². The average Bonchev–Trinajstić information content (AvgIpc) is 3.25. The molecule has 0 spiro atoms. The molecule has 0 radical (unpaired) electrons. The molecule has 0 saturated carbocycles. The van der Waals surface area contributed by atoms with Gasteiger partial charge in [0, 0.05) is 10.6 Å². The molecule has 7 nitrogen and oxygen atoms in total. The Morgan fingerprint density at radius 1 is 1.10 bits per heavy atom. The van der Waals surface area contributed by atoms with Crippen LogP contribution in [0.1, 0.15) is 18.5 Å². The maximum absolute atomic E-state index is 14.1. The van der Waals surface area contributed by atoms with E-state index in [-0.39, 0.29) is 11.9 Å². The molecule has 31 heavy (non-hydrogen) atoms. The number of nitrogens with zero attached hydrogens (tertiary/aromatic N) is 4. The first-order valence-electron chi connectivity index (χ1n) is 9.50. The van der Waals surface area contributed by atoms with Gasteiger partial charge >= 0.3 is 0 Å². The summed E-state index contributed by atoms with van der Waals surface area (Å²) in [5, 5.41) is 7.68. The van der Waals surface area contributed by atoms with Crippen molar-refractivity contribution in [2.24, 2.45) is 4.99 Å². The smallest absolute Gasteiger partial charge is 0.162 e. The van der Waals surface area contributed by atoms with Crippen molar-refractivity contribution < 1.29 is 4.39 Å². The summed E-state index contributed by atoms with van der Waals surface area (Å²) in [5.74, 6) is 0.169. The highest BCUT2D eigenvalue weighted by Gasteiger charge is 2.31. The summed E-state index contributed by atoms with van der Waals surface area (Å²) >= 11 is 12.8. The number of H-pyrrole nitrogens is 1. The Morgan fingerprint density at radius 2 is 1.97 bits per heavy atom. The minimum atomic E-state index is -0.505. The molecule has 0 saturated heterocycles. The highest BCUT2D eigenvalue weighted by molar-refractivity contribution is 6.34. The van der Waals surface area contributed by atoms with E-state index < -0.39 is 6.04 Å². The molecule has 10 heteroatoms. The first-order valence-corrected chi connectivity index (χ1v) is 10.3. The van der Waals surface area contributed by atoms with Crippen molar-refractivity contribution in [1.82, 2.24) is 19.9 Å². The number of rotatable bonds is 4. The Hall–Kier alpha value is -3.23. The summed E-state index contributed by atoms with van der Waals surface area (Å²) in [5.41, 5.74) is 3.85. The Bertz CT molecular complexity index is 1320. The maximum Gasteiger partial charge on any atom is 0.162 e. The number of fused-ring (bicyclic) bond motifs is 2. The summed E-state index contributed by atoms with van der Waals surface area (Å²) in [7, 11) is 0.